The van der Waals surface area contributed by atoms with Crippen LogP contribution in [0.3, 0.4) is 0 Å². The van der Waals surface area contributed by atoms with E-state index in [0.29, 0.717) is 18.9 Å². The van der Waals surface area contributed by atoms with E-state index in [4.69, 9.17) is 56.2 Å². The molecule has 0 aliphatic rings. The quantitative estimate of drug-likeness (QED) is 0.100. The monoisotopic (exact) mass is 655 g/mol. The molecule has 0 saturated heterocycles. The summed E-state index contributed by atoms with van der Waals surface area (Å²) in [7, 11) is 1.75. The normalized spacial score (nSPS) is 9.91. The van der Waals surface area contributed by atoms with E-state index in [1.165, 1.54) is 25.7 Å². The summed E-state index contributed by atoms with van der Waals surface area (Å²) in [5.41, 5.74) is 0. The van der Waals surface area contributed by atoms with Crippen LogP contribution >= 0.6 is 0 Å². The van der Waals surface area contributed by atoms with Crippen LogP contribution in [0.2, 0.25) is 0 Å². The van der Waals surface area contributed by atoms with Crippen molar-refractivity contribution in [3.63, 3.8) is 0 Å². The van der Waals surface area contributed by atoms with Crippen molar-refractivity contribution in [2.45, 2.75) is 127 Å². The molecule has 2 atom stereocenters. The predicted octanol–water partition coefficient (Wildman–Crippen LogP) is -2.28. The molecular formula is C30H79NaO12. The van der Waals surface area contributed by atoms with Gasteiger partial charge in [-0.05, 0) is 24.2 Å². The molecule has 0 spiro atoms. The molecule has 0 fully saturated rings. The van der Waals surface area contributed by atoms with Crippen molar-refractivity contribution in [3.8, 4) is 0 Å². The van der Waals surface area contributed by atoms with Gasteiger partial charge in [-0.2, -0.15) is 7.11 Å². The number of aliphatic hydroxyl groups is 10. The zero-order valence-electron chi connectivity index (χ0n) is 29.3. The first-order valence-corrected chi connectivity index (χ1v) is 14.4. The fourth-order valence-electron chi connectivity index (χ4n) is 0.951. The van der Waals surface area contributed by atoms with Gasteiger partial charge in [0.05, 0.1) is 39.1 Å². The Kier molecular flexibility index (Phi) is 136. The minimum atomic E-state index is -0.954. The van der Waals surface area contributed by atoms with Crippen molar-refractivity contribution in [1.29, 1.82) is 0 Å². The van der Waals surface area contributed by atoms with Crippen molar-refractivity contribution >= 4 is 0 Å². The van der Waals surface area contributed by atoms with Gasteiger partial charge in [0, 0.05) is 13.7 Å². The maximum Gasteiger partial charge on any atom is 1.00 e. The van der Waals surface area contributed by atoms with Gasteiger partial charge in [-0.3, -0.25) is 0 Å². The molecule has 272 valence electrons. The maximum atomic E-state index is 8.42. The first-order chi connectivity index (χ1) is 18.8. The molecule has 43 heavy (non-hydrogen) atoms. The number of hydrogen-bond donors (Lipinski definition) is 10. The largest absolute Gasteiger partial charge is 1.00 e. The molecule has 0 aromatic carbocycles. The Hall–Kier alpha value is 0.520. The summed E-state index contributed by atoms with van der Waals surface area (Å²) in [5, 5.41) is 88.1. The summed E-state index contributed by atoms with van der Waals surface area (Å²) in [6.07, 6.45) is 4.62. The van der Waals surface area contributed by atoms with Gasteiger partial charge in [0.2, 0.25) is 0 Å². The molecule has 0 amide bonds. The summed E-state index contributed by atoms with van der Waals surface area (Å²) in [6.45, 7) is 18.2. The third-order valence-electron chi connectivity index (χ3n) is 5.32. The molecule has 0 heterocycles. The molecule has 0 aromatic rings. The average molecular weight is 655 g/mol. The van der Waals surface area contributed by atoms with Gasteiger partial charge in [0.25, 0.3) is 0 Å². The molecule has 13 heteroatoms. The third-order valence-corrected chi connectivity index (χ3v) is 5.32. The second-order valence-corrected chi connectivity index (χ2v) is 8.82. The van der Waals surface area contributed by atoms with Crippen molar-refractivity contribution < 1.29 is 91.2 Å². The van der Waals surface area contributed by atoms with E-state index in [-0.39, 0.29) is 75.5 Å². The topological polar surface area (TPSA) is 257 Å². The molecule has 0 aliphatic heterocycles. The van der Waals surface area contributed by atoms with Gasteiger partial charge >= 0.3 is 29.6 Å². The minimum Gasteiger partial charge on any atom is -0.857 e. The molecule has 0 rings (SSSR count). The van der Waals surface area contributed by atoms with Crippen LogP contribution in [-0.4, -0.2) is 129 Å². The molecule has 12 N–H and O–H groups in total. The Morgan fingerprint density at radius 1 is 0.419 bits per heavy atom. The maximum absolute atomic E-state index is 8.42. The Labute approximate surface area is 288 Å². The smallest absolute Gasteiger partial charge is 0.857 e. The second kappa shape index (κ2) is 78.7. The van der Waals surface area contributed by atoms with Gasteiger partial charge in [-0.1, -0.05) is 102 Å². The molecule has 0 saturated carbocycles. The van der Waals surface area contributed by atoms with Gasteiger partial charge in [0.15, 0.2) is 0 Å². The standard InChI is InChI=1S/2C6H14.C5H12O.C4H10O2.2C3H8O3.CH4O.CH3O.CH4.Na.H2O/c2*1-4-6(3)5-2;1-3-5(2)4-6;1-2-4(6)3-5;2*4-1-3(6)2-5;2*1-2;;;/h2*6H,4-5H2,1-3H3;5-6H,3-4H2,1-2H3;4-6H,2-3H2,1H3;2*3-6H,1-2H2;2H,1H3;1H3;1H4;;1H2/q;;;;;;;-1;;+1;. The van der Waals surface area contributed by atoms with Crippen molar-refractivity contribution in [1.82, 2.24) is 0 Å². The van der Waals surface area contributed by atoms with Crippen molar-refractivity contribution in [2.24, 2.45) is 17.8 Å². The van der Waals surface area contributed by atoms with Crippen molar-refractivity contribution in [2.75, 3.05) is 53.9 Å². The van der Waals surface area contributed by atoms with Crippen LogP contribution in [-0.2, 0) is 0 Å². The Morgan fingerprint density at radius 2 is 0.605 bits per heavy atom. The van der Waals surface area contributed by atoms with E-state index >= 15 is 0 Å². The molecule has 0 radical (unpaired) electrons. The molecular weight excluding hydrogens is 575 g/mol. The molecule has 0 aliphatic carbocycles. The van der Waals surface area contributed by atoms with E-state index < -0.39 is 18.3 Å². The van der Waals surface area contributed by atoms with Crippen LogP contribution in [0.1, 0.15) is 108 Å². The van der Waals surface area contributed by atoms with E-state index in [1.807, 2.05) is 13.8 Å². The zero-order chi connectivity index (χ0) is 33.9. The van der Waals surface area contributed by atoms with Crippen LogP contribution in [0.5, 0.6) is 0 Å². The van der Waals surface area contributed by atoms with Gasteiger partial charge in [-0.25, -0.2) is 0 Å². The number of aliphatic hydroxyl groups excluding tert-OH is 10. The molecule has 0 bridgehead atoms. The van der Waals surface area contributed by atoms with E-state index in [9.17, 15) is 0 Å². The van der Waals surface area contributed by atoms with Crippen LogP contribution in [0.15, 0.2) is 0 Å². The zero-order valence-corrected chi connectivity index (χ0v) is 31.3. The Morgan fingerprint density at radius 3 is 0.605 bits per heavy atom. The number of rotatable bonds is 12. The first kappa shape index (κ1) is 74.4. The Bertz CT molecular complexity index is 236. The fraction of sp³-hybridized carbons (Fsp3) is 1.00. The van der Waals surface area contributed by atoms with Gasteiger partial charge < -0.3 is 61.6 Å². The second-order valence-electron chi connectivity index (χ2n) is 8.82. The minimum absolute atomic E-state index is 0. The summed E-state index contributed by atoms with van der Waals surface area (Å²) in [4.78, 5) is 0. The summed E-state index contributed by atoms with van der Waals surface area (Å²) in [5.74, 6) is 2.36. The van der Waals surface area contributed by atoms with Crippen LogP contribution in [0.25, 0.3) is 0 Å². The predicted molar refractivity (Wildman–Crippen MR) is 174 cm³/mol. The summed E-state index contributed by atoms with van der Waals surface area (Å²) >= 11 is 0. The average Bonchev–Trinajstić information content (AvgIpc) is 3.05. The van der Waals surface area contributed by atoms with Crippen LogP contribution in [0.4, 0.5) is 0 Å². The van der Waals surface area contributed by atoms with Crippen LogP contribution in [0, 0.1) is 17.8 Å². The third kappa shape index (κ3) is 116. The van der Waals surface area contributed by atoms with Crippen LogP contribution < -0.4 is 34.7 Å². The fourth-order valence-corrected chi connectivity index (χ4v) is 0.951. The first-order valence-electron chi connectivity index (χ1n) is 14.4. The van der Waals surface area contributed by atoms with E-state index in [1.54, 1.807) is 0 Å². The van der Waals surface area contributed by atoms with E-state index in [2.05, 4.69) is 48.5 Å². The molecule has 2 unspecified atom stereocenters. The molecule has 12 nitrogen and oxygen atoms in total. The summed E-state index contributed by atoms with van der Waals surface area (Å²) < 4.78 is 0. The number of hydrogen-bond acceptors (Lipinski definition) is 11. The molecule has 0 aromatic heterocycles. The Balaban J connectivity index is -0.0000000306. The summed E-state index contributed by atoms with van der Waals surface area (Å²) in [6, 6.07) is 0. The van der Waals surface area contributed by atoms with Gasteiger partial charge in [-0.15, -0.1) is 0 Å². The van der Waals surface area contributed by atoms with Crippen molar-refractivity contribution in [3.05, 3.63) is 0 Å². The van der Waals surface area contributed by atoms with Gasteiger partial charge in [0.1, 0.15) is 12.2 Å². The van der Waals surface area contributed by atoms with E-state index in [0.717, 1.165) is 32.5 Å². The SMILES string of the molecule is C.CCC(C)CC.CCC(C)CC.CCC(C)CO.CCC(O)CO.CO.C[O-].O.OCC(O)CO.OCC(O)CO.[Na+].